The Morgan fingerprint density at radius 2 is 2.00 bits per heavy atom. The average Bonchev–Trinajstić information content (AvgIpc) is 2.50. The molecule has 0 radical (unpaired) electrons. The largest absolute Gasteiger partial charge is 0.408 e. The van der Waals surface area contributed by atoms with Gasteiger partial charge < -0.3 is 10.0 Å². The summed E-state index contributed by atoms with van der Waals surface area (Å²) >= 11 is 0. The summed E-state index contributed by atoms with van der Waals surface area (Å²) in [5.74, 6) is -0.201. The van der Waals surface area contributed by atoms with E-state index in [1.54, 1.807) is 6.92 Å². The van der Waals surface area contributed by atoms with Crippen LogP contribution >= 0.6 is 0 Å². The van der Waals surface area contributed by atoms with Gasteiger partial charge in [-0.3, -0.25) is 9.48 Å². The minimum atomic E-state index is -4.34. The minimum Gasteiger partial charge on any atom is -0.389 e. The molecule has 5 nitrogen and oxygen atoms in total. The second-order valence-electron chi connectivity index (χ2n) is 5.05. The summed E-state index contributed by atoms with van der Waals surface area (Å²) < 4.78 is 38.1. The summed E-state index contributed by atoms with van der Waals surface area (Å²) in [7, 11) is 0. The number of nitrogens with zero attached hydrogens (tertiary/aromatic N) is 3. The van der Waals surface area contributed by atoms with Gasteiger partial charge >= 0.3 is 6.18 Å². The average molecular weight is 291 g/mol. The maximum Gasteiger partial charge on any atom is 0.408 e. The molecule has 1 aromatic heterocycles. The second kappa shape index (κ2) is 5.08. The molecule has 1 aliphatic rings. The number of alkyl halides is 3. The normalized spacial score (nSPS) is 16.4. The highest BCUT2D eigenvalue weighted by atomic mass is 19.4. The first-order valence-electron chi connectivity index (χ1n) is 6.23. The van der Waals surface area contributed by atoms with E-state index in [1.807, 2.05) is 0 Å². The van der Waals surface area contributed by atoms with Crippen molar-refractivity contribution in [2.45, 2.75) is 39.1 Å². The topological polar surface area (TPSA) is 58.4 Å². The lowest BCUT2D eigenvalue weighted by atomic mass is 10.1. The van der Waals surface area contributed by atoms with Crippen molar-refractivity contribution in [2.24, 2.45) is 0 Å². The van der Waals surface area contributed by atoms with Crippen LogP contribution in [0.15, 0.2) is 0 Å². The smallest absolute Gasteiger partial charge is 0.389 e. The molecule has 1 N–H and O–H groups in total. The van der Waals surface area contributed by atoms with E-state index in [1.165, 1.54) is 11.8 Å². The van der Waals surface area contributed by atoms with E-state index in [2.05, 4.69) is 5.10 Å². The monoisotopic (exact) mass is 291 g/mol. The van der Waals surface area contributed by atoms with Crippen LogP contribution in [0.3, 0.4) is 0 Å². The van der Waals surface area contributed by atoms with Crippen LogP contribution in [0.1, 0.15) is 17.0 Å². The van der Waals surface area contributed by atoms with Crippen molar-refractivity contribution >= 4 is 5.91 Å². The number of likely N-dealkylation sites (tertiary alicyclic amines) is 1. The van der Waals surface area contributed by atoms with Gasteiger partial charge in [-0.15, -0.1) is 0 Å². The molecule has 0 aliphatic carbocycles. The maximum atomic E-state index is 12.4. The van der Waals surface area contributed by atoms with Crippen LogP contribution < -0.4 is 0 Å². The zero-order valence-electron chi connectivity index (χ0n) is 11.2. The zero-order valence-corrected chi connectivity index (χ0v) is 11.2. The highest BCUT2D eigenvalue weighted by Crippen LogP contribution is 2.22. The number of hydrogen-bond acceptors (Lipinski definition) is 3. The SMILES string of the molecule is Cc1nn(CC(F)(F)F)c(C)c1CC(=O)N1CC(O)C1. The Kier molecular flexibility index (Phi) is 3.77. The van der Waals surface area contributed by atoms with E-state index < -0.39 is 18.8 Å². The van der Waals surface area contributed by atoms with Crippen molar-refractivity contribution in [1.82, 2.24) is 14.7 Å². The molecule has 0 atom stereocenters. The van der Waals surface area contributed by atoms with Crippen molar-refractivity contribution in [3.63, 3.8) is 0 Å². The summed E-state index contributed by atoms with van der Waals surface area (Å²) in [5, 5.41) is 13.0. The number of β-amino-alcohol motifs (C(OH)–C–C–N with tert-alkyl or cyclic N) is 1. The van der Waals surface area contributed by atoms with Gasteiger partial charge in [0.25, 0.3) is 0 Å². The highest BCUT2D eigenvalue weighted by Gasteiger charge is 2.32. The third-order valence-corrected chi connectivity index (χ3v) is 3.40. The van der Waals surface area contributed by atoms with Gasteiger partial charge in [0.05, 0.1) is 18.2 Å². The summed E-state index contributed by atoms with van der Waals surface area (Å²) in [6, 6.07) is 0. The van der Waals surface area contributed by atoms with Crippen molar-refractivity contribution < 1.29 is 23.1 Å². The molecule has 0 bridgehead atoms. The number of carbonyl (C=O) groups is 1. The van der Waals surface area contributed by atoms with Crippen LogP contribution in [-0.2, 0) is 17.8 Å². The number of carbonyl (C=O) groups excluding carboxylic acids is 1. The zero-order chi connectivity index (χ0) is 15.1. The first-order chi connectivity index (χ1) is 9.17. The van der Waals surface area contributed by atoms with Crippen molar-refractivity contribution in [2.75, 3.05) is 13.1 Å². The molecule has 8 heteroatoms. The lowest BCUT2D eigenvalue weighted by Crippen LogP contribution is -2.54. The number of aliphatic hydroxyl groups excluding tert-OH is 1. The molecule has 112 valence electrons. The Morgan fingerprint density at radius 1 is 1.40 bits per heavy atom. The fourth-order valence-electron chi connectivity index (χ4n) is 2.24. The van der Waals surface area contributed by atoms with Crippen LogP contribution in [0.5, 0.6) is 0 Å². The molecule has 2 heterocycles. The van der Waals surface area contributed by atoms with Gasteiger partial charge in [-0.1, -0.05) is 0 Å². The van der Waals surface area contributed by atoms with Gasteiger partial charge in [0.15, 0.2) is 0 Å². The molecule has 1 fully saturated rings. The van der Waals surface area contributed by atoms with Crippen molar-refractivity contribution in [3.05, 3.63) is 17.0 Å². The highest BCUT2D eigenvalue weighted by molar-refractivity contribution is 5.80. The lowest BCUT2D eigenvalue weighted by molar-refractivity contribution is -0.143. The Balaban J connectivity index is 2.10. The summed E-state index contributed by atoms with van der Waals surface area (Å²) in [4.78, 5) is 13.4. The van der Waals surface area contributed by atoms with Gasteiger partial charge in [-0.05, 0) is 13.8 Å². The first kappa shape index (κ1) is 14.8. The molecule has 0 unspecified atom stereocenters. The van der Waals surface area contributed by atoms with E-state index in [0.29, 0.717) is 17.0 Å². The minimum absolute atomic E-state index is 0.0161. The third kappa shape index (κ3) is 3.12. The number of aromatic nitrogens is 2. The van der Waals surface area contributed by atoms with Crippen molar-refractivity contribution in [3.8, 4) is 0 Å². The Hall–Kier alpha value is -1.57. The van der Waals surface area contributed by atoms with E-state index in [0.717, 1.165) is 4.68 Å². The molecule has 20 heavy (non-hydrogen) atoms. The third-order valence-electron chi connectivity index (χ3n) is 3.40. The van der Waals surface area contributed by atoms with Gasteiger partial charge in [-0.25, -0.2) is 0 Å². The standard InChI is InChI=1S/C12H16F3N3O2/c1-7-10(3-11(20)17-4-9(19)5-17)8(2)18(16-7)6-12(13,14)15/h9,19H,3-6H2,1-2H3. The summed E-state index contributed by atoms with van der Waals surface area (Å²) in [6.45, 7) is 2.53. The number of halogens is 3. The van der Waals surface area contributed by atoms with Gasteiger partial charge in [0.1, 0.15) is 6.54 Å². The predicted molar refractivity (Wildman–Crippen MR) is 64.0 cm³/mol. The van der Waals surface area contributed by atoms with Crippen molar-refractivity contribution in [1.29, 1.82) is 0 Å². The van der Waals surface area contributed by atoms with E-state index in [-0.39, 0.29) is 25.4 Å². The van der Waals surface area contributed by atoms with E-state index in [4.69, 9.17) is 5.11 Å². The number of aryl methyl sites for hydroxylation is 1. The molecule has 0 spiro atoms. The lowest BCUT2D eigenvalue weighted by Gasteiger charge is -2.35. The number of aliphatic hydroxyl groups is 1. The second-order valence-corrected chi connectivity index (χ2v) is 5.05. The maximum absolute atomic E-state index is 12.4. The fraction of sp³-hybridized carbons (Fsp3) is 0.667. The van der Waals surface area contributed by atoms with E-state index in [9.17, 15) is 18.0 Å². The Labute approximate surface area is 114 Å². The summed E-state index contributed by atoms with van der Waals surface area (Å²) in [6.07, 6.45) is -4.82. The molecule has 2 rings (SSSR count). The molecule has 1 aromatic rings. The molecule has 1 aliphatic heterocycles. The van der Waals surface area contributed by atoms with Gasteiger partial charge in [0.2, 0.25) is 5.91 Å². The fourth-order valence-corrected chi connectivity index (χ4v) is 2.24. The Bertz CT molecular complexity index is 519. The van der Waals surface area contributed by atoms with E-state index >= 15 is 0 Å². The van der Waals surface area contributed by atoms with Gasteiger partial charge in [0, 0.05) is 24.3 Å². The van der Waals surface area contributed by atoms with Crippen LogP contribution in [-0.4, -0.2) is 51.1 Å². The molecule has 0 aromatic carbocycles. The predicted octanol–water partition coefficient (Wildman–Crippen LogP) is 0.808. The van der Waals surface area contributed by atoms with Crippen LogP contribution in [0.25, 0.3) is 0 Å². The first-order valence-corrected chi connectivity index (χ1v) is 6.23. The number of hydrogen-bond donors (Lipinski definition) is 1. The quantitative estimate of drug-likeness (QED) is 0.896. The molecule has 1 saturated heterocycles. The van der Waals surface area contributed by atoms with Crippen LogP contribution in [0.4, 0.5) is 13.2 Å². The van der Waals surface area contributed by atoms with Gasteiger partial charge in [-0.2, -0.15) is 18.3 Å². The van der Waals surface area contributed by atoms with Crippen LogP contribution in [0, 0.1) is 13.8 Å². The molecular formula is C12H16F3N3O2. The Morgan fingerprint density at radius 3 is 2.50 bits per heavy atom. The number of rotatable bonds is 3. The molecular weight excluding hydrogens is 275 g/mol. The summed E-state index contributed by atoms with van der Waals surface area (Å²) in [5.41, 5.74) is 1.32. The molecule has 0 saturated carbocycles. The number of amides is 1. The molecule has 1 amide bonds. The van der Waals surface area contributed by atoms with Crippen LogP contribution in [0.2, 0.25) is 0 Å².